The molecule has 1 amide bonds. The van der Waals surface area contributed by atoms with Gasteiger partial charge in [0.2, 0.25) is 5.91 Å². The molecule has 2 atom stereocenters. The lowest BCUT2D eigenvalue weighted by molar-refractivity contribution is -0.148. The summed E-state index contributed by atoms with van der Waals surface area (Å²) >= 11 is 0. The predicted octanol–water partition coefficient (Wildman–Crippen LogP) is 1.48. The van der Waals surface area contributed by atoms with E-state index in [0.29, 0.717) is 38.4 Å². The van der Waals surface area contributed by atoms with E-state index in [-0.39, 0.29) is 12.5 Å². The van der Waals surface area contributed by atoms with Gasteiger partial charge in [0.25, 0.3) is 0 Å². The average molecular weight is 346 g/mol. The van der Waals surface area contributed by atoms with Gasteiger partial charge in [-0.2, -0.15) is 0 Å². The molecule has 0 aromatic heterocycles. The van der Waals surface area contributed by atoms with Crippen LogP contribution in [0.2, 0.25) is 0 Å². The largest absolute Gasteiger partial charge is 0.388 e. The molecule has 5 nitrogen and oxygen atoms in total. The molecule has 0 spiro atoms. The maximum absolute atomic E-state index is 12.4. The molecular weight excluding hydrogens is 316 g/mol. The fourth-order valence-electron chi connectivity index (χ4n) is 3.90. The first-order valence-electron chi connectivity index (χ1n) is 9.52. The van der Waals surface area contributed by atoms with Crippen LogP contribution in [0, 0.1) is 0 Å². The molecule has 25 heavy (non-hydrogen) atoms. The smallest absolute Gasteiger partial charge is 0.222 e. The third-order valence-electron chi connectivity index (χ3n) is 5.70. The lowest BCUT2D eigenvalue weighted by Crippen LogP contribution is -2.61. The summed E-state index contributed by atoms with van der Waals surface area (Å²) in [6.07, 6.45) is 5.45. The minimum atomic E-state index is -1.13. The molecule has 0 bridgehead atoms. The van der Waals surface area contributed by atoms with E-state index in [2.05, 4.69) is 5.32 Å². The molecule has 1 heterocycles. The van der Waals surface area contributed by atoms with Crippen LogP contribution < -0.4 is 5.32 Å². The predicted molar refractivity (Wildman–Crippen MR) is 97.2 cm³/mol. The number of hydrogen-bond donors (Lipinski definition) is 3. The molecule has 0 radical (unpaired) electrons. The van der Waals surface area contributed by atoms with E-state index in [4.69, 9.17) is 0 Å². The van der Waals surface area contributed by atoms with Gasteiger partial charge in [0.15, 0.2) is 0 Å². The molecule has 1 aromatic rings. The standard InChI is InChI=1S/C20H30N2O3/c23-18-14-22(19(24)11-10-16-6-2-1-3-7-16)13-12-20(18,25)15-21-17-8-4-5-9-17/h1-3,6-7,17-18,21,23,25H,4-5,8-15H2/t18-,20-/m0/s1. The molecule has 5 heteroatoms. The number of aliphatic hydroxyl groups excluding tert-OH is 1. The van der Waals surface area contributed by atoms with Crippen molar-refractivity contribution in [1.82, 2.24) is 10.2 Å². The number of piperidine rings is 1. The van der Waals surface area contributed by atoms with Crippen LogP contribution in [0.25, 0.3) is 0 Å². The van der Waals surface area contributed by atoms with Crippen molar-refractivity contribution in [1.29, 1.82) is 0 Å². The number of β-amino-alcohol motifs (C(OH)–C–C–N with tert-alkyl or cyclic N) is 1. The quantitative estimate of drug-likeness (QED) is 0.729. The molecule has 3 N–H and O–H groups in total. The first-order valence-corrected chi connectivity index (χ1v) is 9.52. The van der Waals surface area contributed by atoms with Crippen molar-refractivity contribution in [2.24, 2.45) is 0 Å². The first kappa shape index (κ1) is 18.4. The van der Waals surface area contributed by atoms with Gasteiger partial charge < -0.3 is 20.4 Å². The first-order chi connectivity index (χ1) is 12.1. The molecule has 2 aliphatic rings. The van der Waals surface area contributed by atoms with Crippen molar-refractivity contribution in [2.75, 3.05) is 19.6 Å². The monoisotopic (exact) mass is 346 g/mol. The van der Waals surface area contributed by atoms with Crippen LogP contribution in [0.5, 0.6) is 0 Å². The Balaban J connectivity index is 1.46. The normalized spacial score (nSPS) is 27.6. The van der Waals surface area contributed by atoms with Crippen LogP contribution in [0.3, 0.4) is 0 Å². The Morgan fingerprint density at radius 1 is 1.24 bits per heavy atom. The fourth-order valence-corrected chi connectivity index (χ4v) is 3.90. The zero-order valence-electron chi connectivity index (χ0n) is 14.9. The third-order valence-corrected chi connectivity index (χ3v) is 5.70. The lowest BCUT2D eigenvalue weighted by Gasteiger charge is -2.42. The van der Waals surface area contributed by atoms with Crippen molar-refractivity contribution in [3.05, 3.63) is 35.9 Å². The number of carbonyl (C=O) groups excluding carboxylic acids is 1. The van der Waals surface area contributed by atoms with Crippen molar-refractivity contribution in [3.8, 4) is 0 Å². The number of carbonyl (C=O) groups is 1. The number of nitrogens with one attached hydrogen (secondary N) is 1. The zero-order valence-corrected chi connectivity index (χ0v) is 14.9. The fraction of sp³-hybridized carbons (Fsp3) is 0.650. The van der Waals surface area contributed by atoms with Crippen molar-refractivity contribution < 1.29 is 15.0 Å². The molecule has 1 aliphatic heterocycles. The summed E-state index contributed by atoms with van der Waals surface area (Å²) in [7, 11) is 0. The van der Waals surface area contributed by atoms with Gasteiger partial charge in [-0.15, -0.1) is 0 Å². The Bertz CT molecular complexity index is 559. The molecule has 0 unspecified atom stereocenters. The molecule has 1 saturated heterocycles. The van der Waals surface area contributed by atoms with Gasteiger partial charge in [-0.3, -0.25) is 4.79 Å². The summed E-state index contributed by atoms with van der Waals surface area (Å²) in [5.41, 5.74) is 0.0180. The third kappa shape index (κ3) is 4.81. The molecule has 1 aromatic carbocycles. The number of amides is 1. The van der Waals surface area contributed by atoms with E-state index in [1.807, 2.05) is 30.3 Å². The lowest BCUT2D eigenvalue weighted by atomic mass is 9.88. The van der Waals surface area contributed by atoms with Crippen molar-refractivity contribution in [3.63, 3.8) is 0 Å². The number of rotatable bonds is 6. The van der Waals surface area contributed by atoms with Crippen LogP contribution in [-0.2, 0) is 11.2 Å². The second kappa shape index (κ2) is 8.30. The number of benzene rings is 1. The van der Waals surface area contributed by atoms with Crippen molar-refractivity contribution >= 4 is 5.91 Å². The van der Waals surface area contributed by atoms with Crippen LogP contribution >= 0.6 is 0 Å². The summed E-state index contributed by atoms with van der Waals surface area (Å²) in [6.45, 7) is 1.13. The Kier molecular flexibility index (Phi) is 6.10. The van der Waals surface area contributed by atoms with E-state index in [0.717, 1.165) is 18.4 Å². The SMILES string of the molecule is O=C(CCc1ccccc1)N1CC[C@](O)(CNC2CCCC2)[C@@H](O)C1. The summed E-state index contributed by atoms with van der Waals surface area (Å²) in [5, 5.41) is 24.6. The summed E-state index contributed by atoms with van der Waals surface area (Å²) in [6, 6.07) is 10.4. The summed E-state index contributed by atoms with van der Waals surface area (Å²) in [4.78, 5) is 14.1. The van der Waals surface area contributed by atoms with Crippen molar-refractivity contribution in [2.45, 2.75) is 62.7 Å². The highest BCUT2D eigenvalue weighted by molar-refractivity contribution is 5.76. The Labute approximate surface area is 150 Å². The van der Waals surface area contributed by atoms with E-state index in [9.17, 15) is 15.0 Å². The van der Waals surface area contributed by atoms with Gasteiger partial charge in [0, 0.05) is 32.1 Å². The van der Waals surface area contributed by atoms with Crippen LogP contribution in [0.1, 0.15) is 44.1 Å². The molecule has 2 fully saturated rings. The second-order valence-electron chi connectivity index (χ2n) is 7.56. The van der Waals surface area contributed by atoms with Crippen LogP contribution in [-0.4, -0.2) is 58.4 Å². The number of aryl methyl sites for hydroxylation is 1. The van der Waals surface area contributed by atoms with Crippen LogP contribution in [0.15, 0.2) is 30.3 Å². The number of nitrogens with zero attached hydrogens (tertiary/aromatic N) is 1. The minimum Gasteiger partial charge on any atom is -0.388 e. The Morgan fingerprint density at radius 2 is 1.96 bits per heavy atom. The molecule has 3 rings (SSSR count). The van der Waals surface area contributed by atoms with Gasteiger partial charge in [-0.05, 0) is 31.2 Å². The second-order valence-corrected chi connectivity index (χ2v) is 7.56. The van der Waals surface area contributed by atoms with E-state index in [1.165, 1.54) is 12.8 Å². The minimum absolute atomic E-state index is 0.0497. The highest BCUT2D eigenvalue weighted by Gasteiger charge is 2.41. The van der Waals surface area contributed by atoms with Gasteiger partial charge in [-0.1, -0.05) is 43.2 Å². The van der Waals surface area contributed by atoms with Gasteiger partial charge in [0.05, 0.1) is 0 Å². The Hall–Kier alpha value is -1.43. The number of likely N-dealkylation sites (tertiary alicyclic amines) is 1. The van der Waals surface area contributed by atoms with Gasteiger partial charge in [-0.25, -0.2) is 0 Å². The molecule has 138 valence electrons. The molecule has 1 saturated carbocycles. The van der Waals surface area contributed by atoms with E-state index < -0.39 is 11.7 Å². The number of hydrogen-bond acceptors (Lipinski definition) is 4. The highest BCUT2D eigenvalue weighted by Crippen LogP contribution is 2.25. The maximum Gasteiger partial charge on any atom is 0.222 e. The molecular formula is C20H30N2O3. The average Bonchev–Trinajstić information content (AvgIpc) is 3.15. The van der Waals surface area contributed by atoms with E-state index >= 15 is 0 Å². The van der Waals surface area contributed by atoms with E-state index in [1.54, 1.807) is 4.90 Å². The highest BCUT2D eigenvalue weighted by atomic mass is 16.3. The van der Waals surface area contributed by atoms with Crippen LogP contribution in [0.4, 0.5) is 0 Å². The Morgan fingerprint density at radius 3 is 2.64 bits per heavy atom. The summed E-state index contributed by atoms with van der Waals surface area (Å²) in [5.74, 6) is 0.0497. The zero-order chi connectivity index (χ0) is 17.7. The summed E-state index contributed by atoms with van der Waals surface area (Å²) < 4.78 is 0. The van der Waals surface area contributed by atoms with Gasteiger partial charge in [0.1, 0.15) is 11.7 Å². The molecule has 1 aliphatic carbocycles. The van der Waals surface area contributed by atoms with Gasteiger partial charge >= 0.3 is 0 Å². The number of aliphatic hydroxyl groups is 2. The topological polar surface area (TPSA) is 72.8 Å². The maximum atomic E-state index is 12.4.